The molecule has 0 aliphatic carbocycles. The predicted octanol–water partition coefficient (Wildman–Crippen LogP) is 6.68. The van der Waals surface area contributed by atoms with Crippen molar-refractivity contribution in [3.8, 4) is 5.75 Å². The molecule has 1 N–H and O–H groups in total. The van der Waals surface area contributed by atoms with Crippen LogP contribution < -0.4 is 14.5 Å². The van der Waals surface area contributed by atoms with Crippen LogP contribution in [0.2, 0.25) is 0 Å². The Balaban J connectivity index is 0.00000176. The van der Waals surface area contributed by atoms with E-state index in [2.05, 4.69) is 54.3 Å². The summed E-state index contributed by atoms with van der Waals surface area (Å²) in [5, 5.41) is 8.96. The van der Waals surface area contributed by atoms with Crippen molar-refractivity contribution in [3.63, 3.8) is 0 Å². The summed E-state index contributed by atoms with van der Waals surface area (Å²) in [5.41, 5.74) is 3.36. The minimum Gasteiger partial charge on any atom is -0.491 e. The number of nitrogens with zero attached hydrogens (tertiary/aromatic N) is 2. The summed E-state index contributed by atoms with van der Waals surface area (Å²) in [4.78, 5) is 16.6. The fourth-order valence-electron chi connectivity index (χ4n) is 3.72. The molecule has 32 heavy (non-hydrogen) atoms. The number of carboxylic acid groups (broad SMARTS) is 1. The highest BCUT2D eigenvalue weighted by Gasteiger charge is 2.26. The average Bonchev–Trinajstić information content (AvgIpc) is 2.98. The summed E-state index contributed by atoms with van der Waals surface area (Å²) < 4.78 is 5.89. The molecule has 1 atom stereocenters. The molecule has 1 unspecified atom stereocenters. The molecule has 0 saturated heterocycles. The summed E-state index contributed by atoms with van der Waals surface area (Å²) in [6.07, 6.45) is 3.68. The molecule has 6 heteroatoms. The molecular formula is C26H38N2O3S. The number of para-hydroxylation sites is 1. The Morgan fingerprint density at radius 3 is 2.56 bits per heavy atom. The van der Waals surface area contributed by atoms with Crippen molar-refractivity contribution in [2.45, 2.75) is 51.3 Å². The van der Waals surface area contributed by atoms with E-state index in [0.29, 0.717) is 5.92 Å². The van der Waals surface area contributed by atoms with Crippen molar-refractivity contribution < 1.29 is 14.6 Å². The number of ether oxygens (including phenoxy) is 1. The summed E-state index contributed by atoms with van der Waals surface area (Å²) in [6, 6.07) is 14.8. The maximum Gasteiger partial charge on any atom is 0.306 e. The van der Waals surface area contributed by atoms with Gasteiger partial charge in [0, 0.05) is 37.0 Å². The van der Waals surface area contributed by atoms with E-state index in [1.165, 1.54) is 35.5 Å². The molecule has 1 aliphatic heterocycles. The summed E-state index contributed by atoms with van der Waals surface area (Å²) >= 11 is 1.88. The normalized spacial score (nSPS) is 15.2. The maximum atomic E-state index is 10.9. The Morgan fingerprint density at radius 2 is 1.94 bits per heavy atom. The molecule has 0 aromatic heterocycles. The van der Waals surface area contributed by atoms with Gasteiger partial charge in [-0.15, -0.1) is 11.8 Å². The lowest BCUT2D eigenvalue weighted by Crippen LogP contribution is -2.25. The van der Waals surface area contributed by atoms with Crippen molar-refractivity contribution in [1.82, 2.24) is 0 Å². The van der Waals surface area contributed by atoms with Crippen LogP contribution in [0.3, 0.4) is 0 Å². The Morgan fingerprint density at radius 1 is 1.22 bits per heavy atom. The predicted molar refractivity (Wildman–Crippen MR) is 137 cm³/mol. The number of rotatable bonds is 9. The molecule has 176 valence electrons. The van der Waals surface area contributed by atoms with Crippen LogP contribution in [0.15, 0.2) is 47.4 Å². The van der Waals surface area contributed by atoms with Gasteiger partial charge in [-0.3, -0.25) is 4.79 Å². The van der Waals surface area contributed by atoms with Crippen LogP contribution in [-0.4, -0.2) is 44.1 Å². The molecule has 0 fully saturated rings. The number of benzene rings is 2. The SMILES string of the molecule is CC.CCCCC1CSc2cc(OCCC(=O)O)c(N(C)C)cc2N(c2ccccc2)C1. The number of unbranched alkanes of at least 4 members (excludes halogenated alkanes) is 1. The lowest BCUT2D eigenvalue weighted by molar-refractivity contribution is -0.137. The van der Waals surface area contributed by atoms with E-state index in [9.17, 15) is 4.79 Å². The summed E-state index contributed by atoms with van der Waals surface area (Å²) in [5.74, 6) is 1.58. The number of hydrogen-bond acceptors (Lipinski definition) is 5. The van der Waals surface area contributed by atoms with E-state index in [1.54, 1.807) is 0 Å². The number of fused-ring (bicyclic) bond motifs is 1. The lowest BCUT2D eigenvalue weighted by atomic mass is 10.0. The number of carboxylic acids is 1. The molecule has 2 aromatic carbocycles. The van der Waals surface area contributed by atoms with Crippen LogP contribution in [0.25, 0.3) is 0 Å². The third-order valence-electron chi connectivity index (χ3n) is 5.34. The van der Waals surface area contributed by atoms with Crippen LogP contribution >= 0.6 is 11.8 Å². The fraction of sp³-hybridized carbons (Fsp3) is 0.500. The van der Waals surface area contributed by atoms with Crippen LogP contribution in [0, 0.1) is 5.92 Å². The van der Waals surface area contributed by atoms with Gasteiger partial charge in [0.1, 0.15) is 5.75 Å². The lowest BCUT2D eigenvalue weighted by Gasteiger charge is -2.29. The van der Waals surface area contributed by atoms with E-state index in [1.807, 2.05) is 44.6 Å². The number of hydrogen-bond donors (Lipinski definition) is 1. The first-order chi connectivity index (χ1) is 15.5. The van der Waals surface area contributed by atoms with Crippen molar-refractivity contribution in [3.05, 3.63) is 42.5 Å². The standard InChI is InChI=1S/C24H32N2O3S.C2H6/c1-4-5-9-18-16-26(19-10-7-6-8-11-19)21-14-20(25(2)3)22(15-23(21)30-17-18)29-13-12-24(27)28;1-2/h6-8,10-11,14-15,18H,4-5,9,12-13,16-17H2,1-3H3,(H,27,28);1-2H3. The highest BCUT2D eigenvalue weighted by molar-refractivity contribution is 7.99. The zero-order chi connectivity index (χ0) is 23.5. The summed E-state index contributed by atoms with van der Waals surface area (Å²) in [7, 11) is 3.99. The molecule has 0 radical (unpaired) electrons. The monoisotopic (exact) mass is 458 g/mol. The number of anilines is 3. The minimum atomic E-state index is -0.848. The van der Waals surface area contributed by atoms with Gasteiger partial charge in [0.05, 0.1) is 24.4 Å². The Bertz CT molecular complexity index is 842. The van der Waals surface area contributed by atoms with Crippen LogP contribution in [0.5, 0.6) is 5.75 Å². The van der Waals surface area contributed by atoms with Gasteiger partial charge in [0.15, 0.2) is 0 Å². The van der Waals surface area contributed by atoms with Crippen molar-refractivity contribution in [2.75, 3.05) is 42.8 Å². The number of aliphatic carboxylic acids is 1. The smallest absolute Gasteiger partial charge is 0.306 e. The second kappa shape index (κ2) is 13.3. The van der Waals surface area contributed by atoms with Gasteiger partial charge >= 0.3 is 5.97 Å². The van der Waals surface area contributed by atoms with Gasteiger partial charge in [-0.05, 0) is 36.6 Å². The summed E-state index contributed by atoms with van der Waals surface area (Å²) in [6.45, 7) is 7.41. The van der Waals surface area contributed by atoms with Gasteiger partial charge in [0.25, 0.3) is 0 Å². The van der Waals surface area contributed by atoms with Crippen LogP contribution in [0.1, 0.15) is 46.5 Å². The topological polar surface area (TPSA) is 53.0 Å². The molecule has 0 saturated carbocycles. The highest BCUT2D eigenvalue weighted by atomic mass is 32.2. The second-order valence-electron chi connectivity index (χ2n) is 7.94. The molecular weight excluding hydrogens is 420 g/mol. The van der Waals surface area contributed by atoms with E-state index >= 15 is 0 Å². The van der Waals surface area contributed by atoms with E-state index in [0.717, 1.165) is 23.7 Å². The molecule has 1 aliphatic rings. The average molecular weight is 459 g/mol. The van der Waals surface area contributed by atoms with Gasteiger partial charge in [-0.2, -0.15) is 0 Å². The molecule has 2 aromatic rings. The Labute approximate surface area is 197 Å². The number of thioether (sulfide) groups is 1. The van der Waals surface area contributed by atoms with E-state index in [4.69, 9.17) is 9.84 Å². The van der Waals surface area contributed by atoms with E-state index < -0.39 is 5.97 Å². The first kappa shape index (κ1) is 25.9. The highest BCUT2D eigenvalue weighted by Crippen LogP contribution is 2.45. The van der Waals surface area contributed by atoms with Gasteiger partial charge in [0.2, 0.25) is 0 Å². The fourth-order valence-corrected chi connectivity index (χ4v) is 4.91. The Hall–Kier alpha value is -2.34. The van der Waals surface area contributed by atoms with Gasteiger partial charge in [-0.25, -0.2) is 0 Å². The van der Waals surface area contributed by atoms with E-state index in [-0.39, 0.29) is 13.0 Å². The van der Waals surface area contributed by atoms with Crippen LogP contribution in [-0.2, 0) is 4.79 Å². The maximum absolute atomic E-state index is 10.9. The Kier molecular flexibility index (Phi) is 10.7. The van der Waals surface area contributed by atoms with Gasteiger partial charge in [-0.1, -0.05) is 51.8 Å². The van der Waals surface area contributed by atoms with Crippen molar-refractivity contribution in [1.29, 1.82) is 0 Å². The minimum absolute atomic E-state index is 0.00761. The van der Waals surface area contributed by atoms with Crippen LogP contribution in [0.4, 0.5) is 17.1 Å². The zero-order valence-electron chi connectivity index (χ0n) is 20.1. The second-order valence-corrected chi connectivity index (χ2v) is 9.00. The first-order valence-corrected chi connectivity index (χ1v) is 12.6. The molecule has 3 rings (SSSR count). The zero-order valence-corrected chi connectivity index (χ0v) is 21.0. The largest absolute Gasteiger partial charge is 0.491 e. The first-order valence-electron chi connectivity index (χ1n) is 11.6. The van der Waals surface area contributed by atoms with Crippen molar-refractivity contribution >= 4 is 34.8 Å². The molecule has 1 heterocycles. The molecule has 0 spiro atoms. The third kappa shape index (κ3) is 7.09. The number of carbonyl (C=O) groups is 1. The molecule has 0 bridgehead atoms. The van der Waals surface area contributed by atoms with Gasteiger partial charge < -0.3 is 19.6 Å². The molecule has 0 amide bonds. The molecule has 5 nitrogen and oxygen atoms in total. The quantitative estimate of drug-likeness (QED) is 0.452. The third-order valence-corrected chi connectivity index (χ3v) is 6.61. The van der Waals surface area contributed by atoms with Crippen molar-refractivity contribution in [2.24, 2.45) is 5.92 Å².